The highest BCUT2D eigenvalue weighted by Gasteiger charge is 2.11. The summed E-state index contributed by atoms with van der Waals surface area (Å²) in [6, 6.07) is 13.7. The number of rotatable bonds is 9. The Morgan fingerprint density at radius 1 is 1.03 bits per heavy atom. The smallest absolute Gasteiger partial charge is 0.228 e. The first-order chi connectivity index (χ1) is 14.8. The van der Waals surface area contributed by atoms with Gasteiger partial charge in [0.25, 0.3) is 0 Å². The second-order valence-corrected chi connectivity index (χ2v) is 9.08. The van der Waals surface area contributed by atoms with Gasteiger partial charge < -0.3 is 15.4 Å². The molecule has 0 saturated heterocycles. The molecule has 3 rings (SSSR count). The lowest BCUT2D eigenvalue weighted by atomic mass is 10.1. The normalized spacial score (nSPS) is 11.2. The van der Waals surface area contributed by atoms with Gasteiger partial charge in [0.05, 0.1) is 16.3 Å². The van der Waals surface area contributed by atoms with E-state index >= 15 is 0 Å². The van der Waals surface area contributed by atoms with Crippen LogP contribution in [0.25, 0.3) is 10.2 Å². The van der Waals surface area contributed by atoms with Crippen molar-refractivity contribution in [1.29, 1.82) is 0 Å². The number of nitrogens with one attached hydrogen (secondary N) is 2. The lowest BCUT2D eigenvalue weighted by Gasteiger charge is -2.10. The first-order valence-electron chi connectivity index (χ1n) is 10.5. The minimum absolute atomic E-state index is 0.0109. The van der Waals surface area contributed by atoms with Crippen molar-refractivity contribution >= 4 is 38.5 Å². The average molecular weight is 440 g/mol. The van der Waals surface area contributed by atoms with Crippen LogP contribution in [0.4, 0.5) is 5.13 Å². The van der Waals surface area contributed by atoms with E-state index in [-0.39, 0.29) is 23.8 Å². The summed E-state index contributed by atoms with van der Waals surface area (Å²) < 4.78 is 6.63. The zero-order valence-corrected chi connectivity index (χ0v) is 19.2. The standard InChI is InChI=1S/C24H29N3O3S/c1-15(2)23(29)27-24-26-20-11-7-17(13-21(20)31-24)8-12-22(28)25-14-18-5-9-19(10-6-18)30-16(3)4/h5-7,9-11,13,15-16H,8,12,14H2,1-4H3,(H,25,28)(H,26,27,29). The first kappa shape index (κ1) is 22.7. The summed E-state index contributed by atoms with van der Waals surface area (Å²) in [7, 11) is 0. The van der Waals surface area contributed by atoms with Gasteiger partial charge in [-0.05, 0) is 55.7 Å². The maximum atomic E-state index is 12.3. The SMILES string of the molecule is CC(C)Oc1ccc(CNC(=O)CCc2ccc3nc(NC(=O)C(C)C)sc3c2)cc1. The zero-order valence-electron chi connectivity index (χ0n) is 18.4. The molecule has 164 valence electrons. The quantitative estimate of drug-likeness (QED) is 0.496. The van der Waals surface area contributed by atoms with E-state index in [9.17, 15) is 9.59 Å². The fourth-order valence-electron chi connectivity index (χ4n) is 2.93. The van der Waals surface area contributed by atoms with Crippen molar-refractivity contribution in [3.05, 3.63) is 53.6 Å². The van der Waals surface area contributed by atoms with Crippen LogP contribution < -0.4 is 15.4 Å². The van der Waals surface area contributed by atoms with Gasteiger partial charge >= 0.3 is 0 Å². The summed E-state index contributed by atoms with van der Waals surface area (Å²) in [6.45, 7) is 8.17. The Labute approximate surface area is 187 Å². The van der Waals surface area contributed by atoms with E-state index < -0.39 is 0 Å². The number of benzene rings is 2. The number of carbonyl (C=O) groups is 2. The zero-order chi connectivity index (χ0) is 22.4. The third kappa shape index (κ3) is 6.79. The second-order valence-electron chi connectivity index (χ2n) is 8.05. The molecule has 2 N–H and O–H groups in total. The maximum Gasteiger partial charge on any atom is 0.228 e. The highest BCUT2D eigenvalue weighted by atomic mass is 32.1. The molecule has 2 amide bonds. The van der Waals surface area contributed by atoms with Crippen molar-refractivity contribution < 1.29 is 14.3 Å². The van der Waals surface area contributed by atoms with Crippen molar-refractivity contribution in [2.24, 2.45) is 5.92 Å². The van der Waals surface area contributed by atoms with Gasteiger partial charge in [0.1, 0.15) is 5.75 Å². The van der Waals surface area contributed by atoms with E-state index in [0.29, 0.717) is 24.5 Å². The Morgan fingerprint density at radius 3 is 2.42 bits per heavy atom. The average Bonchev–Trinajstić information content (AvgIpc) is 3.12. The number of anilines is 1. The number of nitrogens with zero attached hydrogens (tertiary/aromatic N) is 1. The number of amides is 2. The Morgan fingerprint density at radius 2 is 1.74 bits per heavy atom. The topological polar surface area (TPSA) is 80.3 Å². The first-order valence-corrected chi connectivity index (χ1v) is 11.3. The van der Waals surface area contributed by atoms with Crippen molar-refractivity contribution in [2.45, 2.75) is 53.2 Å². The van der Waals surface area contributed by atoms with Crippen LogP contribution in [0.3, 0.4) is 0 Å². The van der Waals surface area contributed by atoms with Crippen LogP contribution in [-0.4, -0.2) is 22.9 Å². The Bertz CT molecular complexity index is 1040. The Balaban J connectivity index is 1.49. The molecular formula is C24H29N3O3S. The highest BCUT2D eigenvalue weighted by Crippen LogP contribution is 2.27. The van der Waals surface area contributed by atoms with E-state index in [1.54, 1.807) is 0 Å². The predicted octanol–water partition coefficient (Wildman–Crippen LogP) is 4.93. The van der Waals surface area contributed by atoms with Crippen molar-refractivity contribution in [2.75, 3.05) is 5.32 Å². The number of hydrogen-bond acceptors (Lipinski definition) is 5. The molecule has 0 fully saturated rings. The van der Waals surface area contributed by atoms with Gasteiger partial charge in [0.15, 0.2) is 5.13 Å². The highest BCUT2D eigenvalue weighted by molar-refractivity contribution is 7.22. The number of thiazole rings is 1. The van der Waals surface area contributed by atoms with Gasteiger partial charge in [0.2, 0.25) is 11.8 Å². The molecular weight excluding hydrogens is 410 g/mol. The van der Waals surface area contributed by atoms with Gasteiger partial charge in [-0.25, -0.2) is 4.98 Å². The van der Waals surface area contributed by atoms with Gasteiger partial charge in [-0.3, -0.25) is 9.59 Å². The summed E-state index contributed by atoms with van der Waals surface area (Å²) in [5, 5.41) is 6.41. The molecule has 1 aromatic heterocycles. The molecule has 0 aliphatic rings. The largest absolute Gasteiger partial charge is 0.491 e. The summed E-state index contributed by atoms with van der Waals surface area (Å²) in [4.78, 5) is 28.6. The number of fused-ring (bicyclic) bond motifs is 1. The molecule has 0 aliphatic heterocycles. The number of ether oxygens (including phenoxy) is 1. The molecule has 1 heterocycles. The van der Waals surface area contributed by atoms with Gasteiger partial charge in [0, 0.05) is 18.9 Å². The van der Waals surface area contributed by atoms with E-state index in [2.05, 4.69) is 15.6 Å². The van der Waals surface area contributed by atoms with Crippen LogP contribution in [0.15, 0.2) is 42.5 Å². The Hall–Kier alpha value is -2.93. The molecule has 0 bridgehead atoms. The van der Waals surface area contributed by atoms with Crippen molar-refractivity contribution in [3.63, 3.8) is 0 Å². The lowest BCUT2D eigenvalue weighted by molar-refractivity contribution is -0.121. The minimum Gasteiger partial charge on any atom is -0.491 e. The monoisotopic (exact) mass is 439 g/mol. The van der Waals surface area contributed by atoms with Gasteiger partial charge in [-0.15, -0.1) is 0 Å². The molecule has 0 radical (unpaired) electrons. The van der Waals surface area contributed by atoms with Crippen molar-refractivity contribution in [1.82, 2.24) is 10.3 Å². The molecule has 0 unspecified atom stereocenters. The second kappa shape index (κ2) is 10.4. The minimum atomic E-state index is -0.0904. The number of hydrogen-bond donors (Lipinski definition) is 2. The molecule has 0 spiro atoms. The van der Waals surface area contributed by atoms with Crippen LogP contribution in [0.1, 0.15) is 45.2 Å². The molecule has 3 aromatic rings. The number of aromatic nitrogens is 1. The van der Waals surface area contributed by atoms with E-state index in [0.717, 1.165) is 27.1 Å². The molecule has 31 heavy (non-hydrogen) atoms. The third-order valence-electron chi connectivity index (χ3n) is 4.63. The van der Waals surface area contributed by atoms with Crippen LogP contribution in [0.2, 0.25) is 0 Å². The summed E-state index contributed by atoms with van der Waals surface area (Å²) in [5.41, 5.74) is 2.96. The fraction of sp³-hybridized carbons (Fsp3) is 0.375. The summed E-state index contributed by atoms with van der Waals surface area (Å²) in [5.74, 6) is 0.706. The Kier molecular flexibility index (Phi) is 7.63. The third-order valence-corrected chi connectivity index (χ3v) is 5.57. The predicted molar refractivity (Wildman–Crippen MR) is 125 cm³/mol. The van der Waals surface area contributed by atoms with Crippen molar-refractivity contribution in [3.8, 4) is 5.75 Å². The van der Waals surface area contributed by atoms with Crippen LogP contribution >= 0.6 is 11.3 Å². The molecule has 0 atom stereocenters. The molecule has 0 saturated carbocycles. The molecule has 7 heteroatoms. The molecule has 0 aliphatic carbocycles. The van der Waals surface area contributed by atoms with Gasteiger partial charge in [-0.1, -0.05) is 43.4 Å². The fourth-order valence-corrected chi connectivity index (χ4v) is 3.87. The van der Waals surface area contributed by atoms with E-state index in [1.807, 2.05) is 70.2 Å². The van der Waals surface area contributed by atoms with Crippen LogP contribution in [0.5, 0.6) is 5.75 Å². The van der Waals surface area contributed by atoms with E-state index in [4.69, 9.17) is 4.74 Å². The summed E-state index contributed by atoms with van der Waals surface area (Å²) in [6.07, 6.45) is 1.20. The molecule has 2 aromatic carbocycles. The number of carbonyl (C=O) groups excluding carboxylic acids is 2. The van der Waals surface area contributed by atoms with E-state index in [1.165, 1.54) is 11.3 Å². The summed E-state index contributed by atoms with van der Waals surface area (Å²) >= 11 is 1.45. The number of aryl methyl sites for hydroxylation is 1. The lowest BCUT2D eigenvalue weighted by Crippen LogP contribution is -2.22. The van der Waals surface area contributed by atoms with Gasteiger partial charge in [-0.2, -0.15) is 0 Å². The van der Waals surface area contributed by atoms with Crippen LogP contribution in [-0.2, 0) is 22.6 Å². The van der Waals surface area contributed by atoms with Crippen LogP contribution in [0, 0.1) is 5.92 Å². The molecule has 6 nitrogen and oxygen atoms in total. The maximum absolute atomic E-state index is 12.3.